The first-order valence-corrected chi connectivity index (χ1v) is 10.4. The van der Waals surface area contributed by atoms with Gasteiger partial charge in [0.05, 0.1) is 23.1 Å². The Morgan fingerprint density at radius 2 is 1.91 bits per heavy atom. The molecule has 170 valence electrons. The Kier molecular flexibility index (Phi) is 5.91. The maximum Gasteiger partial charge on any atom is 0.270 e. The largest absolute Gasteiger partial charge is 0.368 e. The van der Waals surface area contributed by atoms with E-state index < -0.39 is 23.7 Å². The maximum absolute atomic E-state index is 13.4. The number of benzene rings is 2. The topological polar surface area (TPSA) is 125 Å². The number of para-hydroxylation sites is 1. The minimum atomic E-state index is -0.873. The minimum absolute atomic E-state index is 0.0103. The highest BCUT2D eigenvalue weighted by molar-refractivity contribution is 6.40. The highest BCUT2D eigenvalue weighted by atomic mass is 19.1. The van der Waals surface area contributed by atoms with E-state index >= 15 is 0 Å². The molecule has 1 unspecified atom stereocenters. The van der Waals surface area contributed by atoms with Gasteiger partial charge < -0.3 is 15.6 Å². The predicted molar refractivity (Wildman–Crippen MR) is 122 cm³/mol. The Balaban J connectivity index is 1.64. The summed E-state index contributed by atoms with van der Waals surface area (Å²) in [5.74, 6) is -1.16. The second kappa shape index (κ2) is 8.81. The number of hydrazone groups is 1. The number of primary amides is 1. The highest BCUT2D eigenvalue weighted by Gasteiger charge is 2.37. The number of rotatable bonds is 6. The van der Waals surface area contributed by atoms with Crippen LogP contribution in [0.5, 0.6) is 0 Å². The zero-order valence-electron chi connectivity index (χ0n) is 18.2. The average molecular weight is 450 g/mol. The molecular weight excluding hydrogens is 427 g/mol. The Labute approximate surface area is 188 Å². The summed E-state index contributed by atoms with van der Waals surface area (Å²) in [4.78, 5) is 46.5. The summed E-state index contributed by atoms with van der Waals surface area (Å²) in [6, 6.07) is 11.2. The molecule has 1 aromatic heterocycles. The first kappa shape index (κ1) is 22.1. The first-order chi connectivity index (χ1) is 15.7. The number of nitrogens with one attached hydrogen (secondary N) is 1. The molecule has 0 saturated heterocycles. The molecule has 1 atom stereocenters. The number of halogens is 1. The van der Waals surface area contributed by atoms with Gasteiger partial charge in [-0.2, -0.15) is 5.10 Å². The first-order valence-electron chi connectivity index (χ1n) is 10.4. The lowest BCUT2D eigenvalue weighted by Gasteiger charge is -2.26. The molecule has 33 heavy (non-hydrogen) atoms. The van der Waals surface area contributed by atoms with Crippen molar-refractivity contribution in [2.45, 2.75) is 38.9 Å². The van der Waals surface area contributed by atoms with Crippen LogP contribution in [0.25, 0.3) is 10.9 Å². The van der Waals surface area contributed by atoms with Gasteiger partial charge in [-0.15, -0.1) is 0 Å². The third-order valence-electron chi connectivity index (χ3n) is 5.44. The van der Waals surface area contributed by atoms with E-state index in [1.165, 1.54) is 34.2 Å². The second-order valence-corrected chi connectivity index (χ2v) is 8.05. The smallest absolute Gasteiger partial charge is 0.270 e. The molecule has 10 heteroatoms. The summed E-state index contributed by atoms with van der Waals surface area (Å²) in [6.45, 7) is 3.71. The number of aromatic amines is 1. The Morgan fingerprint density at radius 3 is 2.58 bits per heavy atom. The average Bonchev–Trinajstić information content (AvgIpc) is 3.23. The second-order valence-electron chi connectivity index (χ2n) is 8.05. The summed E-state index contributed by atoms with van der Waals surface area (Å²) in [5, 5.41) is 6.14. The normalized spacial score (nSPS) is 15.7. The van der Waals surface area contributed by atoms with E-state index in [1.54, 1.807) is 24.3 Å². The zero-order valence-corrected chi connectivity index (χ0v) is 18.2. The van der Waals surface area contributed by atoms with Crippen LogP contribution in [0.3, 0.4) is 0 Å². The molecule has 1 aliphatic rings. The van der Waals surface area contributed by atoms with Crippen LogP contribution >= 0.6 is 0 Å². The van der Waals surface area contributed by atoms with Crippen molar-refractivity contribution >= 4 is 34.1 Å². The number of amides is 2. The number of nitrogens with zero attached hydrogens (tertiary/aromatic N) is 4. The van der Waals surface area contributed by atoms with Crippen LogP contribution < -0.4 is 16.3 Å². The molecule has 3 aromatic rings. The lowest BCUT2D eigenvalue weighted by Crippen LogP contribution is -2.42. The minimum Gasteiger partial charge on any atom is -0.368 e. The molecule has 1 aliphatic heterocycles. The highest BCUT2D eigenvalue weighted by Crippen LogP contribution is 2.26. The molecule has 0 spiro atoms. The van der Waals surface area contributed by atoms with Gasteiger partial charge >= 0.3 is 0 Å². The lowest BCUT2D eigenvalue weighted by atomic mass is 10.1. The van der Waals surface area contributed by atoms with Crippen LogP contribution in [0, 0.1) is 5.82 Å². The summed E-state index contributed by atoms with van der Waals surface area (Å²) in [6.07, 6.45) is 0.0103. The summed E-state index contributed by atoms with van der Waals surface area (Å²) >= 11 is 0. The monoisotopic (exact) mass is 450 g/mol. The van der Waals surface area contributed by atoms with Crippen molar-refractivity contribution in [3.63, 3.8) is 0 Å². The van der Waals surface area contributed by atoms with Gasteiger partial charge in [-0.3, -0.25) is 19.4 Å². The van der Waals surface area contributed by atoms with Gasteiger partial charge in [-0.25, -0.2) is 9.37 Å². The van der Waals surface area contributed by atoms with Crippen molar-refractivity contribution in [2.24, 2.45) is 10.8 Å². The molecule has 9 nitrogen and oxygen atoms in total. The molecule has 0 fully saturated rings. The standard InChI is InChI=1S/C23H23FN6O3/c1-13(2)29(12-20-26-17-6-4-3-5-16(17)22(32)27-20)23(33)18-11-19(21(25)31)30(28-18)15-9-7-14(24)8-10-15/h3-10,13,19H,11-12H2,1-2H3,(H2,25,31)(H,26,27,32). The summed E-state index contributed by atoms with van der Waals surface area (Å²) in [5.41, 5.74) is 6.37. The van der Waals surface area contributed by atoms with Gasteiger partial charge in [0, 0.05) is 12.5 Å². The van der Waals surface area contributed by atoms with Crippen molar-refractivity contribution in [1.29, 1.82) is 0 Å². The molecule has 2 heterocycles. The van der Waals surface area contributed by atoms with Gasteiger partial charge in [0.2, 0.25) is 5.91 Å². The molecule has 0 bridgehead atoms. The molecule has 4 rings (SSSR count). The summed E-state index contributed by atoms with van der Waals surface area (Å²) in [7, 11) is 0. The lowest BCUT2D eigenvalue weighted by molar-refractivity contribution is -0.126. The van der Waals surface area contributed by atoms with E-state index in [1.807, 2.05) is 13.8 Å². The number of fused-ring (bicyclic) bond motifs is 1. The van der Waals surface area contributed by atoms with E-state index in [0.717, 1.165) is 0 Å². The maximum atomic E-state index is 13.4. The third kappa shape index (κ3) is 4.45. The molecule has 2 aromatic carbocycles. The number of carbonyl (C=O) groups is 2. The van der Waals surface area contributed by atoms with E-state index in [4.69, 9.17) is 5.73 Å². The van der Waals surface area contributed by atoms with Crippen molar-refractivity contribution < 1.29 is 14.0 Å². The molecule has 0 radical (unpaired) electrons. The summed E-state index contributed by atoms with van der Waals surface area (Å²) < 4.78 is 13.3. The number of nitrogens with two attached hydrogens (primary N) is 1. The van der Waals surface area contributed by atoms with Crippen molar-refractivity contribution in [1.82, 2.24) is 14.9 Å². The van der Waals surface area contributed by atoms with E-state index in [2.05, 4.69) is 15.1 Å². The molecule has 0 saturated carbocycles. The van der Waals surface area contributed by atoms with Crippen LogP contribution in [-0.4, -0.2) is 44.5 Å². The fraction of sp³-hybridized carbons (Fsp3) is 0.261. The van der Waals surface area contributed by atoms with Crippen LogP contribution in [0.1, 0.15) is 26.1 Å². The number of H-pyrrole nitrogens is 1. The van der Waals surface area contributed by atoms with Crippen LogP contribution in [0.15, 0.2) is 58.4 Å². The molecule has 0 aliphatic carbocycles. The SMILES string of the molecule is CC(C)N(Cc1nc2ccccc2c(=O)[nH]1)C(=O)C1=NN(c2ccc(F)cc2)C(C(N)=O)C1. The molecule has 3 N–H and O–H groups in total. The van der Waals surface area contributed by atoms with E-state index in [9.17, 15) is 18.8 Å². The fourth-order valence-electron chi connectivity index (χ4n) is 3.72. The fourth-order valence-corrected chi connectivity index (χ4v) is 3.72. The number of carbonyl (C=O) groups excluding carboxylic acids is 2. The third-order valence-corrected chi connectivity index (χ3v) is 5.44. The quantitative estimate of drug-likeness (QED) is 0.594. The molecule has 2 amide bonds. The predicted octanol–water partition coefficient (Wildman–Crippen LogP) is 1.92. The number of hydrogen-bond acceptors (Lipinski definition) is 6. The molecular formula is C23H23FN6O3. The number of aromatic nitrogens is 2. The van der Waals surface area contributed by atoms with E-state index in [0.29, 0.717) is 22.4 Å². The van der Waals surface area contributed by atoms with Gasteiger partial charge in [0.15, 0.2) is 0 Å². The van der Waals surface area contributed by atoms with Gasteiger partial charge in [0.1, 0.15) is 23.4 Å². The van der Waals surface area contributed by atoms with Crippen molar-refractivity contribution in [3.8, 4) is 0 Å². The van der Waals surface area contributed by atoms with E-state index in [-0.39, 0.29) is 30.3 Å². The number of anilines is 1. The van der Waals surface area contributed by atoms with Gasteiger partial charge in [-0.05, 0) is 50.2 Å². The zero-order chi connectivity index (χ0) is 23.7. The van der Waals surface area contributed by atoms with Crippen LogP contribution in [0.2, 0.25) is 0 Å². The van der Waals surface area contributed by atoms with Crippen LogP contribution in [-0.2, 0) is 16.1 Å². The van der Waals surface area contributed by atoms with Crippen LogP contribution in [0.4, 0.5) is 10.1 Å². The van der Waals surface area contributed by atoms with Gasteiger partial charge in [0.25, 0.3) is 11.5 Å². The van der Waals surface area contributed by atoms with Crippen molar-refractivity contribution in [2.75, 3.05) is 5.01 Å². The Bertz CT molecular complexity index is 1300. The number of hydrogen-bond donors (Lipinski definition) is 2. The Morgan fingerprint density at radius 1 is 1.21 bits per heavy atom. The van der Waals surface area contributed by atoms with Gasteiger partial charge in [-0.1, -0.05) is 12.1 Å². The van der Waals surface area contributed by atoms with Crippen molar-refractivity contribution in [3.05, 3.63) is 70.5 Å². The Hall–Kier alpha value is -4.08.